The Morgan fingerprint density at radius 3 is 2.43 bits per heavy atom. The number of carbonyl (C=O) groups is 2. The summed E-state index contributed by atoms with van der Waals surface area (Å²) in [6.45, 7) is 3.87. The quantitative estimate of drug-likeness (QED) is 0.866. The van der Waals surface area contributed by atoms with E-state index in [0.717, 1.165) is 21.3 Å². The molecule has 2 amide bonds. The second kappa shape index (κ2) is 7.92. The molecule has 1 N–H and O–H groups in total. The van der Waals surface area contributed by atoms with Crippen LogP contribution in [0, 0.1) is 6.92 Å². The van der Waals surface area contributed by atoms with Crippen molar-refractivity contribution in [1.82, 2.24) is 4.90 Å². The van der Waals surface area contributed by atoms with Gasteiger partial charge in [0.05, 0.1) is 0 Å². The molecule has 0 aliphatic rings. The molecule has 0 saturated carbocycles. The zero-order valence-electron chi connectivity index (χ0n) is 13.2. The van der Waals surface area contributed by atoms with Crippen molar-refractivity contribution in [3.8, 4) is 0 Å². The van der Waals surface area contributed by atoms with E-state index in [9.17, 15) is 9.59 Å². The van der Waals surface area contributed by atoms with E-state index >= 15 is 0 Å². The molecule has 0 heterocycles. The Morgan fingerprint density at radius 1 is 1.13 bits per heavy atom. The number of anilines is 1. The van der Waals surface area contributed by atoms with Crippen LogP contribution < -0.4 is 5.32 Å². The number of benzene rings is 2. The third-order valence-electron chi connectivity index (χ3n) is 3.44. The van der Waals surface area contributed by atoms with Crippen LogP contribution in [0.2, 0.25) is 0 Å². The summed E-state index contributed by atoms with van der Waals surface area (Å²) in [7, 11) is 0. The van der Waals surface area contributed by atoms with E-state index < -0.39 is 0 Å². The smallest absolute Gasteiger partial charge is 0.244 e. The van der Waals surface area contributed by atoms with Gasteiger partial charge >= 0.3 is 0 Å². The van der Waals surface area contributed by atoms with Crippen LogP contribution >= 0.6 is 15.9 Å². The number of nitrogens with zero attached hydrogens (tertiary/aromatic N) is 1. The first-order valence-electron chi connectivity index (χ1n) is 7.31. The summed E-state index contributed by atoms with van der Waals surface area (Å²) < 4.78 is 0.991. The molecule has 0 saturated heterocycles. The highest BCUT2D eigenvalue weighted by Crippen LogP contribution is 2.20. The van der Waals surface area contributed by atoms with Crippen molar-refractivity contribution in [1.29, 1.82) is 0 Å². The minimum absolute atomic E-state index is 0.0271. The van der Waals surface area contributed by atoms with Crippen molar-refractivity contribution >= 4 is 33.4 Å². The van der Waals surface area contributed by atoms with Gasteiger partial charge in [0.25, 0.3) is 0 Å². The number of hydrogen-bond acceptors (Lipinski definition) is 2. The summed E-state index contributed by atoms with van der Waals surface area (Å²) in [5, 5.41) is 2.83. The molecular weight excluding hydrogens is 356 g/mol. The Balaban J connectivity index is 2.00. The molecule has 0 spiro atoms. The molecule has 0 atom stereocenters. The van der Waals surface area contributed by atoms with Gasteiger partial charge in [0.1, 0.15) is 6.54 Å². The van der Waals surface area contributed by atoms with Gasteiger partial charge in [0.15, 0.2) is 0 Å². The molecule has 0 radical (unpaired) electrons. The summed E-state index contributed by atoms with van der Waals surface area (Å²) in [6, 6.07) is 15.2. The maximum absolute atomic E-state index is 12.2. The van der Waals surface area contributed by atoms with Crippen molar-refractivity contribution in [2.24, 2.45) is 0 Å². The van der Waals surface area contributed by atoms with Gasteiger partial charge in [0.2, 0.25) is 11.8 Å². The van der Waals surface area contributed by atoms with Gasteiger partial charge in [-0.15, -0.1) is 0 Å². The first kappa shape index (κ1) is 17.2. The monoisotopic (exact) mass is 374 g/mol. The van der Waals surface area contributed by atoms with Crippen LogP contribution in [0.25, 0.3) is 0 Å². The first-order valence-corrected chi connectivity index (χ1v) is 8.10. The van der Waals surface area contributed by atoms with Gasteiger partial charge in [0, 0.05) is 23.6 Å². The van der Waals surface area contributed by atoms with Crippen LogP contribution in [0.4, 0.5) is 5.69 Å². The van der Waals surface area contributed by atoms with Crippen LogP contribution in [0.5, 0.6) is 0 Å². The van der Waals surface area contributed by atoms with Crippen LogP contribution in [0.15, 0.2) is 53.0 Å². The van der Waals surface area contributed by atoms with Crippen LogP contribution in [0.3, 0.4) is 0 Å². The van der Waals surface area contributed by atoms with Gasteiger partial charge < -0.3 is 10.2 Å². The second-order valence-corrected chi connectivity index (χ2v) is 6.23. The normalized spacial score (nSPS) is 10.2. The van der Waals surface area contributed by atoms with Crippen molar-refractivity contribution in [3.63, 3.8) is 0 Å². The van der Waals surface area contributed by atoms with E-state index in [1.54, 1.807) is 0 Å². The van der Waals surface area contributed by atoms with Gasteiger partial charge in [-0.05, 0) is 36.2 Å². The number of carbonyl (C=O) groups excluding carboxylic acids is 2. The minimum atomic E-state index is -0.210. The number of hydrogen-bond donors (Lipinski definition) is 1. The minimum Gasteiger partial charge on any atom is -0.329 e. The molecule has 5 heteroatoms. The molecule has 0 aliphatic carbocycles. The third kappa shape index (κ3) is 5.21. The molecule has 0 aliphatic heterocycles. The molecule has 120 valence electrons. The topological polar surface area (TPSA) is 49.4 Å². The standard InChI is InChI=1S/C18H19BrN2O2/c1-13-10-16(8-9-17(13)19)20-18(23)12-21(14(2)22)11-15-6-4-3-5-7-15/h3-10H,11-12H2,1-2H3,(H,20,23). The van der Waals surface area contributed by atoms with Gasteiger partial charge in [-0.3, -0.25) is 9.59 Å². The van der Waals surface area contributed by atoms with E-state index in [1.165, 1.54) is 11.8 Å². The summed E-state index contributed by atoms with van der Waals surface area (Å²) in [6.07, 6.45) is 0. The summed E-state index contributed by atoms with van der Waals surface area (Å²) in [5.74, 6) is -0.339. The zero-order chi connectivity index (χ0) is 16.8. The van der Waals surface area contributed by atoms with Gasteiger partial charge in [-0.2, -0.15) is 0 Å². The van der Waals surface area contributed by atoms with Crippen molar-refractivity contribution < 1.29 is 9.59 Å². The maximum atomic E-state index is 12.2. The molecular formula is C18H19BrN2O2. The highest BCUT2D eigenvalue weighted by Gasteiger charge is 2.14. The van der Waals surface area contributed by atoms with E-state index in [1.807, 2.05) is 55.5 Å². The van der Waals surface area contributed by atoms with E-state index in [0.29, 0.717) is 6.54 Å². The van der Waals surface area contributed by atoms with E-state index in [-0.39, 0.29) is 18.4 Å². The largest absolute Gasteiger partial charge is 0.329 e. The molecule has 0 unspecified atom stereocenters. The Hall–Kier alpha value is -2.14. The average molecular weight is 375 g/mol. The van der Waals surface area contributed by atoms with Gasteiger partial charge in [-0.1, -0.05) is 46.3 Å². The first-order chi connectivity index (χ1) is 11.0. The Bertz CT molecular complexity index is 701. The fourth-order valence-corrected chi connectivity index (χ4v) is 2.43. The number of aryl methyl sites for hydroxylation is 1. The molecule has 2 rings (SSSR count). The molecule has 2 aromatic rings. The second-order valence-electron chi connectivity index (χ2n) is 5.37. The summed E-state index contributed by atoms with van der Waals surface area (Å²) in [5.41, 5.74) is 2.75. The van der Waals surface area contributed by atoms with Crippen molar-refractivity contribution in [2.45, 2.75) is 20.4 Å². The number of amides is 2. The fraction of sp³-hybridized carbons (Fsp3) is 0.222. The maximum Gasteiger partial charge on any atom is 0.244 e. The van der Waals surface area contributed by atoms with Crippen LogP contribution in [-0.4, -0.2) is 23.3 Å². The van der Waals surface area contributed by atoms with Gasteiger partial charge in [-0.25, -0.2) is 0 Å². The number of rotatable bonds is 5. The summed E-state index contributed by atoms with van der Waals surface area (Å²) in [4.78, 5) is 25.5. The predicted molar refractivity (Wildman–Crippen MR) is 95.0 cm³/mol. The lowest BCUT2D eigenvalue weighted by Gasteiger charge is -2.20. The average Bonchev–Trinajstić information content (AvgIpc) is 2.51. The highest BCUT2D eigenvalue weighted by atomic mass is 79.9. The number of nitrogens with one attached hydrogen (secondary N) is 1. The van der Waals surface area contributed by atoms with E-state index in [2.05, 4.69) is 21.2 Å². The molecule has 2 aromatic carbocycles. The SMILES string of the molecule is CC(=O)N(CC(=O)Nc1ccc(Br)c(C)c1)Cc1ccccc1. The fourth-order valence-electron chi connectivity index (χ4n) is 2.18. The predicted octanol–water partition coefficient (Wildman–Crippen LogP) is 3.74. The van der Waals surface area contributed by atoms with Crippen LogP contribution in [-0.2, 0) is 16.1 Å². The van der Waals surface area contributed by atoms with Crippen LogP contribution in [0.1, 0.15) is 18.1 Å². The molecule has 4 nitrogen and oxygen atoms in total. The summed E-state index contributed by atoms with van der Waals surface area (Å²) >= 11 is 3.43. The Kier molecular flexibility index (Phi) is 5.93. The van der Waals surface area contributed by atoms with E-state index in [4.69, 9.17) is 0 Å². The van der Waals surface area contributed by atoms with Crippen molar-refractivity contribution in [2.75, 3.05) is 11.9 Å². The number of halogens is 1. The third-order valence-corrected chi connectivity index (χ3v) is 4.33. The highest BCUT2D eigenvalue weighted by molar-refractivity contribution is 9.10. The van der Waals surface area contributed by atoms with Crippen molar-refractivity contribution in [3.05, 3.63) is 64.1 Å². The molecule has 0 fully saturated rings. The molecule has 23 heavy (non-hydrogen) atoms. The Labute approximate surface area is 144 Å². The zero-order valence-corrected chi connectivity index (χ0v) is 14.8. The molecule has 0 aromatic heterocycles. The Morgan fingerprint density at radius 2 is 1.83 bits per heavy atom. The lowest BCUT2D eigenvalue weighted by Crippen LogP contribution is -2.36. The lowest BCUT2D eigenvalue weighted by molar-refractivity contribution is -0.133. The lowest BCUT2D eigenvalue weighted by atomic mass is 10.2. The molecule has 0 bridgehead atoms.